The Morgan fingerprint density at radius 2 is 1.90 bits per heavy atom. The van der Waals surface area contributed by atoms with Gasteiger partial charge in [-0.2, -0.15) is 0 Å². The number of carbonyl (C=O) groups is 1. The minimum atomic E-state index is -3.29. The Morgan fingerprint density at radius 3 is 2.61 bits per heavy atom. The zero-order valence-corrected chi connectivity index (χ0v) is 18.5. The number of hydrogen-bond donors (Lipinski definition) is 1. The third kappa shape index (κ3) is 4.95. The largest absolute Gasteiger partial charge is 0.497 e. The first-order chi connectivity index (χ1) is 14.8. The maximum Gasteiger partial charge on any atom is 0.226 e. The summed E-state index contributed by atoms with van der Waals surface area (Å²) in [7, 11) is -1.68. The number of aryl methyl sites for hydroxylation is 1. The number of hydrogen-bond acceptors (Lipinski definition) is 7. The van der Waals surface area contributed by atoms with E-state index in [1.165, 1.54) is 17.4 Å². The number of benzene rings is 2. The van der Waals surface area contributed by atoms with Crippen LogP contribution in [-0.4, -0.2) is 32.7 Å². The van der Waals surface area contributed by atoms with E-state index in [4.69, 9.17) is 9.15 Å². The molecule has 1 N–H and O–H groups in total. The van der Waals surface area contributed by atoms with Gasteiger partial charge in [-0.05, 0) is 54.6 Å². The molecule has 2 aromatic carbocycles. The number of fused-ring (bicyclic) bond motifs is 1. The molecule has 160 valence electrons. The molecular formula is C22H20N2O5S2. The molecule has 0 unspecified atom stereocenters. The van der Waals surface area contributed by atoms with Crippen molar-refractivity contribution < 1.29 is 22.4 Å². The van der Waals surface area contributed by atoms with Crippen LogP contribution in [0.3, 0.4) is 0 Å². The van der Waals surface area contributed by atoms with Crippen LogP contribution in [0, 0.1) is 0 Å². The molecule has 0 saturated heterocycles. The first kappa shape index (κ1) is 21.1. The second-order valence-electron chi connectivity index (χ2n) is 6.96. The second kappa shape index (κ2) is 8.52. The number of anilines is 1. The van der Waals surface area contributed by atoms with Crippen LogP contribution in [0.4, 0.5) is 5.13 Å². The third-order valence-electron chi connectivity index (χ3n) is 4.67. The number of methoxy groups -OCH3 is 1. The van der Waals surface area contributed by atoms with Crippen LogP contribution in [-0.2, 0) is 21.1 Å². The lowest BCUT2D eigenvalue weighted by atomic mass is 10.2. The molecule has 1 amide bonds. The molecule has 0 radical (unpaired) electrons. The molecule has 0 fully saturated rings. The number of carbonyl (C=O) groups excluding carboxylic acids is 1. The summed E-state index contributed by atoms with van der Waals surface area (Å²) in [5.74, 6) is 2.02. The molecule has 31 heavy (non-hydrogen) atoms. The molecule has 0 spiro atoms. The number of ether oxygens (including phenoxy) is 1. The van der Waals surface area contributed by atoms with Crippen molar-refractivity contribution in [1.29, 1.82) is 0 Å². The smallest absolute Gasteiger partial charge is 0.226 e. The summed E-state index contributed by atoms with van der Waals surface area (Å²) in [6.07, 6.45) is 1.85. The van der Waals surface area contributed by atoms with E-state index in [1.54, 1.807) is 19.2 Å². The van der Waals surface area contributed by atoms with Crippen molar-refractivity contribution in [3.05, 3.63) is 60.4 Å². The molecule has 0 saturated carbocycles. The molecule has 0 aliphatic carbocycles. The molecule has 7 nitrogen and oxygen atoms in total. The van der Waals surface area contributed by atoms with E-state index in [0.29, 0.717) is 27.5 Å². The van der Waals surface area contributed by atoms with Gasteiger partial charge < -0.3 is 14.5 Å². The fourth-order valence-electron chi connectivity index (χ4n) is 3.03. The van der Waals surface area contributed by atoms with Gasteiger partial charge >= 0.3 is 0 Å². The van der Waals surface area contributed by atoms with Gasteiger partial charge in [-0.25, -0.2) is 13.4 Å². The van der Waals surface area contributed by atoms with Crippen LogP contribution >= 0.6 is 11.3 Å². The van der Waals surface area contributed by atoms with Crippen molar-refractivity contribution in [1.82, 2.24) is 4.98 Å². The van der Waals surface area contributed by atoms with Crippen molar-refractivity contribution >= 4 is 42.4 Å². The number of amides is 1. The Labute approximate surface area is 183 Å². The van der Waals surface area contributed by atoms with Crippen molar-refractivity contribution in [3.63, 3.8) is 0 Å². The second-order valence-corrected chi connectivity index (χ2v) is 10.0. The number of aromatic nitrogens is 1. The SMILES string of the molecule is COc1ccc(-c2ccc(CCC(=O)Nc3nc4ccc(S(C)(=O)=O)cc4s3)o2)cc1. The van der Waals surface area contributed by atoms with E-state index in [2.05, 4.69) is 10.3 Å². The van der Waals surface area contributed by atoms with E-state index in [0.717, 1.165) is 23.3 Å². The quantitative estimate of drug-likeness (QED) is 0.438. The topological polar surface area (TPSA) is 98.5 Å². The van der Waals surface area contributed by atoms with Crippen LogP contribution in [0.15, 0.2) is 63.9 Å². The maximum atomic E-state index is 12.3. The average molecular weight is 457 g/mol. The van der Waals surface area contributed by atoms with Crippen molar-refractivity contribution in [2.75, 3.05) is 18.7 Å². The lowest BCUT2D eigenvalue weighted by molar-refractivity contribution is -0.116. The van der Waals surface area contributed by atoms with Crippen LogP contribution in [0.5, 0.6) is 5.75 Å². The van der Waals surface area contributed by atoms with Gasteiger partial charge in [0.1, 0.15) is 17.3 Å². The average Bonchev–Trinajstić information content (AvgIpc) is 3.37. The summed E-state index contributed by atoms with van der Waals surface area (Å²) in [6.45, 7) is 0. The minimum Gasteiger partial charge on any atom is -0.497 e. The van der Waals surface area contributed by atoms with E-state index in [-0.39, 0.29) is 17.2 Å². The summed E-state index contributed by atoms with van der Waals surface area (Å²) in [6, 6.07) is 16.0. The monoisotopic (exact) mass is 456 g/mol. The Balaban J connectivity index is 1.37. The number of furan rings is 1. The number of sulfone groups is 1. The van der Waals surface area contributed by atoms with E-state index in [9.17, 15) is 13.2 Å². The van der Waals surface area contributed by atoms with E-state index < -0.39 is 9.84 Å². The molecule has 0 bridgehead atoms. The molecular weight excluding hydrogens is 436 g/mol. The predicted octanol–water partition coefficient (Wildman–Crippen LogP) is 4.54. The number of rotatable bonds is 7. The molecule has 4 aromatic rings. The molecule has 0 aliphatic heterocycles. The lowest BCUT2D eigenvalue weighted by Crippen LogP contribution is -2.11. The Kier molecular flexibility index (Phi) is 5.79. The highest BCUT2D eigenvalue weighted by atomic mass is 32.2. The molecule has 4 rings (SSSR count). The van der Waals surface area contributed by atoms with Crippen molar-refractivity contribution in [3.8, 4) is 17.1 Å². The highest BCUT2D eigenvalue weighted by molar-refractivity contribution is 7.90. The summed E-state index contributed by atoms with van der Waals surface area (Å²) < 4.78 is 35.1. The fraction of sp³-hybridized carbons (Fsp3) is 0.182. The van der Waals surface area contributed by atoms with Crippen LogP contribution in [0.1, 0.15) is 12.2 Å². The van der Waals surface area contributed by atoms with Crippen molar-refractivity contribution in [2.45, 2.75) is 17.7 Å². The summed E-state index contributed by atoms with van der Waals surface area (Å²) in [4.78, 5) is 16.9. The molecule has 0 aliphatic rings. The van der Waals surface area contributed by atoms with Crippen LogP contribution in [0.25, 0.3) is 21.5 Å². The van der Waals surface area contributed by atoms with Crippen LogP contribution < -0.4 is 10.1 Å². The number of nitrogens with one attached hydrogen (secondary N) is 1. The zero-order valence-electron chi connectivity index (χ0n) is 16.9. The molecule has 2 aromatic heterocycles. The highest BCUT2D eigenvalue weighted by Gasteiger charge is 2.13. The van der Waals surface area contributed by atoms with Gasteiger partial charge in [0.2, 0.25) is 5.91 Å². The van der Waals surface area contributed by atoms with Gasteiger partial charge in [-0.1, -0.05) is 11.3 Å². The van der Waals surface area contributed by atoms with Gasteiger partial charge in [-0.15, -0.1) is 0 Å². The minimum absolute atomic E-state index is 0.190. The first-order valence-corrected chi connectivity index (χ1v) is 12.2. The van der Waals surface area contributed by atoms with E-state index in [1.807, 2.05) is 36.4 Å². The van der Waals surface area contributed by atoms with E-state index >= 15 is 0 Å². The standard InChI is InChI=1S/C22H20N2O5S2/c1-28-15-5-3-14(4-6-15)19-11-7-16(29-19)8-12-21(25)24-22-23-18-10-9-17(31(2,26)27)13-20(18)30-22/h3-7,9-11,13H,8,12H2,1-2H3,(H,23,24,25). The summed E-state index contributed by atoms with van der Waals surface area (Å²) in [5, 5.41) is 3.21. The van der Waals surface area contributed by atoms with Crippen LogP contribution in [0.2, 0.25) is 0 Å². The van der Waals surface area contributed by atoms with Gasteiger partial charge in [0.05, 0.1) is 22.2 Å². The zero-order chi connectivity index (χ0) is 22.0. The van der Waals surface area contributed by atoms with Gasteiger partial charge in [0.15, 0.2) is 15.0 Å². The molecule has 0 atom stereocenters. The van der Waals surface area contributed by atoms with Gasteiger partial charge in [0, 0.05) is 24.7 Å². The Morgan fingerprint density at radius 1 is 1.13 bits per heavy atom. The number of nitrogens with zero attached hydrogens (tertiary/aromatic N) is 1. The normalized spacial score (nSPS) is 11.5. The maximum absolute atomic E-state index is 12.3. The Bertz CT molecular complexity index is 1340. The molecule has 2 heterocycles. The number of thiazole rings is 1. The fourth-order valence-corrected chi connectivity index (χ4v) is 4.67. The molecule has 9 heteroatoms. The first-order valence-electron chi connectivity index (χ1n) is 9.45. The van der Waals surface area contributed by atoms with Gasteiger partial charge in [0.25, 0.3) is 0 Å². The summed E-state index contributed by atoms with van der Waals surface area (Å²) >= 11 is 1.24. The Hall–Kier alpha value is -3.17. The van der Waals surface area contributed by atoms with Crippen molar-refractivity contribution in [2.24, 2.45) is 0 Å². The summed E-state index contributed by atoms with van der Waals surface area (Å²) in [5.41, 5.74) is 1.57. The predicted molar refractivity (Wildman–Crippen MR) is 120 cm³/mol. The third-order valence-corrected chi connectivity index (χ3v) is 6.71. The lowest BCUT2D eigenvalue weighted by Gasteiger charge is -2.01. The van der Waals surface area contributed by atoms with Gasteiger partial charge in [-0.3, -0.25) is 4.79 Å². The highest BCUT2D eigenvalue weighted by Crippen LogP contribution is 2.29.